The second-order valence-corrected chi connectivity index (χ2v) is 8.37. The highest BCUT2D eigenvalue weighted by Crippen LogP contribution is 2.31. The van der Waals surface area contributed by atoms with Crippen LogP contribution >= 0.6 is 11.8 Å². The number of nitrogens with zero attached hydrogens (tertiary/aromatic N) is 4. The van der Waals surface area contributed by atoms with Gasteiger partial charge in [-0.15, -0.1) is 27.1 Å². The Kier molecular flexibility index (Phi) is 7.48. The van der Waals surface area contributed by atoms with Crippen molar-refractivity contribution in [3.8, 4) is 28.8 Å². The Balaban J connectivity index is 1.43. The summed E-state index contributed by atoms with van der Waals surface area (Å²) in [5, 5.41) is 15.8. The Labute approximate surface area is 201 Å². The number of thioether (sulfide) groups is 1. The fraction of sp³-hybridized carbons (Fsp3) is 0.250. The molecule has 2 heterocycles. The van der Waals surface area contributed by atoms with Crippen molar-refractivity contribution in [2.75, 3.05) is 33.1 Å². The zero-order chi connectivity index (χ0) is 23.9. The molecule has 0 fully saturated rings. The van der Waals surface area contributed by atoms with Crippen LogP contribution in [-0.4, -0.2) is 58.8 Å². The first-order chi connectivity index (χ1) is 16.6. The van der Waals surface area contributed by atoms with Crippen LogP contribution in [0.15, 0.2) is 59.5 Å². The topological polar surface area (TPSA) is 99.9 Å². The molecule has 2 aromatic heterocycles. The van der Waals surface area contributed by atoms with Crippen molar-refractivity contribution in [1.29, 1.82) is 0 Å². The molecular weight excluding hydrogens is 454 g/mol. The van der Waals surface area contributed by atoms with Crippen molar-refractivity contribution in [2.45, 2.75) is 11.8 Å². The van der Waals surface area contributed by atoms with Gasteiger partial charge in [-0.05, 0) is 42.2 Å². The summed E-state index contributed by atoms with van der Waals surface area (Å²) in [4.78, 5) is 13.5. The Morgan fingerprint density at radius 1 is 1.03 bits per heavy atom. The lowest BCUT2D eigenvalue weighted by atomic mass is 10.2. The van der Waals surface area contributed by atoms with Gasteiger partial charge in [-0.3, -0.25) is 4.79 Å². The maximum Gasteiger partial charge on any atom is 0.252 e. The van der Waals surface area contributed by atoms with Gasteiger partial charge in [-0.25, -0.2) is 0 Å². The van der Waals surface area contributed by atoms with E-state index in [0.717, 1.165) is 16.2 Å². The molecule has 0 spiro atoms. The van der Waals surface area contributed by atoms with E-state index in [1.807, 2.05) is 36.4 Å². The number of ether oxygens (including phenoxy) is 3. The number of benzene rings is 2. The fourth-order valence-electron chi connectivity index (χ4n) is 3.36. The predicted octanol–water partition coefficient (Wildman–Crippen LogP) is 3.73. The SMILES string of the molecule is CCSc1ccccc1C(=O)NCCOc1ccc2nnc(-c3ccc(OC)c(OC)c3)n2n1. The smallest absolute Gasteiger partial charge is 0.252 e. The third-order valence-corrected chi connectivity index (χ3v) is 5.90. The van der Waals surface area contributed by atoms with Gasteiger partial charge < -0.3 is 19.5 Å². The highest BCUT2D eigenvalue weighted by atomic mass is 32.2. The molecule has 4 rings (SSSR count). The average Bonchev–Trinajstić information content (AvgIpc) is 3.30. The van der Waals surface area contributed by atoms with E-state index in [0.29, 0.717) is 41.0 Å². The first kappa shape index (κ1) is 23.4. The Morgan fingerprint density at radius 3 is 2.65 bits per heavy atom. The van der Waals surface area contributed by atoms with Gasteiger partial charge in [0.25, 0.3) is 5.91 Å². The molecule has 34 heavy (non-hydrogen) atoms. The van der Waals surface area contributed by atoms with Crippen LogP contribution in [0.3, 0.4) is 0 Å². The molecule has 1 N–H and O–H groups in total. The Hall–Kier alpha value is -3.79. The van der Waals surface area contributed by atoms with Crippen LogP contribution < -0.4 is 19.5 Å². The Morgan fingerprint density at radius 2 is 1.85 bits per heavy atom. The molecule has 10 heteroatoms. The molecule has 0 radical (unpaired) electrons. The second-order valence-electron chi connectivity index (χ2n) is 7.07. The quantitative estimate of drug-likeness (QED) is 0.271. The minimum Gasteiger partial charge on any atom is -0.493 e. The molecule has 176 valence electrons. The number of methoxy groups -OCH3 is 2. The second kappa shape index (κ2) is 10.9. The van der Waals surface area contributed by atoms with E-state index in [4.69, 9.17) is 14.2 Å². The maximum atomic E-state index is 12.6. The van der Waals surface area contributed by atoms with Crippen LogP contribution in [0.1, 0.15) is 17.3 Å². The number of aromatic nitrogens is 4. The van der Waals surface area contributed by atoms with E-state index in [2.05, 4.69) is 27.5 Å². The maximum absolute atomic E-state index is 12.6. The van der Waals surface area contributed by atoms with Crippen LogP contribution in [0.4, 0.5) is 0 Å². The third kappa shape index (κ3) is 5.07. The molecule has 0 saturated carbocycles. The molecule has 4 aromatic rings. The summed E-state index contributed by atoms with van der Waals surface area (Å²) in [6.45, 7) is 2.67. The summed E-state index contributed by atoms with van der Waals surface area (Å²) in [5.41, 5.74) is 2.01. The van der Waals surface area contributed by atoms with E-state index in [-0.39, 0.29) is 12.5 Å². The minimum atomic E-state index is -0.127. The summed E-state index contributed by atoms with van der Waals surface area (Å²) in [6, 6.07) is 16.5. The number of carbonyl (C=O) groups is 1. The van der Waals surface area contributed by atoms with Gasteiger partial charge in [0.1, 0.15) is 6.61 Å². The van der Waals surface area contributed by atoms with Crippen LogP contribution in [-0.2, 0) is 0 Å². The van der Waals surface area contributed by atoms with E-state index >= 15 is 0 Å². The van der Waals surface area contributed by atoms with Crippen molar-refractivity contribution in [2.24, 2.45) is 0 Å². The van der Waals surface area contributed by atoms with E-state index < -0.39 is 0 Å². The molecule has 1 amide bonds. The summed E-state index contributed by atoms with van der Waals surface area (Å²) < 4.78 is 18.1. The van der Waals surface area contributed by atoms with E-state index in [9.17, 15) is 4.79 Å². The molecule has 0 unspecified atom stereocenters. The van der Waals surface area contributed by atoms with Gasteiger partial charge in [0.05, 0.1) is 26.3 Å². The number of rotatable bonds is 10. The Bertz CT molecular complexity index is 1290. The van der Waals surface area contributed by atoms with Crippen molar-refractivity contribution in [3.05, 3.63) is 60.2 Å². The van der Waals surface area contributed by atoms with Crippen LogP contribution in [0, 0.1) is 0 Å². The molecule has 0 aliphatic carbocycles. The molecule has 9 nitrogen and oxygen atoms in total. The molecule has 2 aromatic carbocycles. The number of carbonyl (C=O) groups excluding carboxylic acids is 1. The predicted molar refractivity (Wildman–Crippen MR) is 130 cm³/mol. The van der Waals surface area contributed by atoms with Crippen molar-refractivity contribution in [3.63, 3.8) is 0 Å². The van der Waals surface area contributed by atoms with Gasteiger partial charge in [-0.1, -0.05) is 19.1 Å². The lowest BCUT2D eigenvalue weighted by Gasteiger charge is -2.10. The number of nitrogens with one attached hydrogen (secondary N) is 1. The summed E-state index contributed by atoms with van der Waals surface area (Å²) in [5.74, 6) is 2.91. The number of fused-ring (bicyclic) bond motifs is 1. The minimum absolute atomic E-state index is 0.127. The van der Waals surface area contributed by atoms with Gasteiger partial charge in [0.2, 0.25) is 5.88 Å². The monoisotopic (exact) mass is 479 g/mol. The average molecular weight is 480 g/mol. The van der Waals surface area contributed by atoms with Crippen molar-refractivity contribution >= 4 is 23.3 Å². The van der Waals surface area contributed by atoms with E-state index in [1.165, 1.54) is 0 Å². The van der Waals surface area contributed by atoms with E-state index in [1.54, 1.807) is 48.7 Å². The zero-order valence-electron chi connectivity index (χ0n) is 19.1. The molecule has 0 bridgehead atoms. The van der Waals surface area contributed by atoms with Gasteiger partial charge in [0.15, 0.2) is 23.0 Å². The zero-order valence-corrected chi connectivity index (χ0v) is 20.0. The largest absolute Gasteiger partial charge is 0.493 e. The molecule has 0 atom stereocenters. The fourth-order valence-corrected chi connectivity index (χ4v) is 4.16. The van der Waals surface area contributed by atoms with Gasteiger partial charge >= 0.3 is 0 Å². The highest BCUT2D eigenvalue weighted by molar-refractivity contribution is 7.99. The number of hydrogen-bond donors (Lipinski definition) is 1. The first-order valence-electron chi connectivity index (χ1n) is 10.7. The molecule has 0 saturated heterocycles. The molecule has 0 aliphatic heterocycles. The van der Waals surface area contributed by atoms with Crippen molar-refractivity contribution in [1.82, 2.24) is 25.1 Å². The van der Waals surface area contributed by atoms with Crippen molar-refractivity contribution < 1.29 is 19.0 Å². The summed E-state index contributed by atoms with van der Waals surface area (Å²) in [7, 11) is 3.16. The third-order valence-electron chi connectivity index (χ3n) is 4.95. The summed E-state index contributed by atoms with van der Waals surface area (Å²) >= 11 is 1.64. The van der Waals surface area contributed by atoms with Crippen LogP contribution in [0.2, 0.25) is 0 Å². The van der Waals surface area contributed by atoms with Gasteiger partial charge in [-0.2, -0.15) is 4.52 Å². The molecule has 0 aliphatic rings. The number of hydrogen-bond acceptors (Lipinski definition) is 8. The standard InChI is InChI=1S/C24H25N5O4S/c1-4-34-20-8-6-5-7-17(20)24(30)25-13-14-33-22-12-11-21-26-27-23(29(21)28-22)16-9-10-18(31-2)19(15-16)32-3/h5-12,15H,4,13-14H2,1-3H3,(H,25,30). The normalized spacial score (nSPS) is 10.8. The van der Waals surface area contributed by atoms with Crippen LogP contribution in [0.25, 0.3) is 17.0 Å². The lowest BCUT2D eigenvalue weighted by Crippen LogP contribution is -2.28. The summed E-state index contributed by atoms with van der Waals surface area (Å²) in [6.07, 6.45) is 0. The highest BCUT2D eigenvalue weighted by Gasteiger charge is 2.14. The van der Waals surface area contributed by atoms with Crippen LogP contribution in [0.5, 0.6) is 17.4 Å². The first-order valence-corrected chi connectivity index (χ1v) is 11.7. The lowest BCUT2D eigenvalue weighted by molar-refractivity contribution is 0.0943. The molecular formula is C24H25N5O4S. The number of amides is 1. The van der Waals surface area contributed by atoms with Gasteiger partial charge in [0, 0.05) is 16.5 Å².